The van der Waals surface area contributed by atoms with Gasteiger partial charge in [-0.1, -0.05) is 28.1 Å². The highest BCUT2D eigenvalue weighted by Crippen LogP contribution is 2.38. The quantitative estimate of drug-likeness (QED) is 0.913. The molecule has 100 valence electrons. The summed E-state index contributed by atoms with van der Waals surface area (Å²) in [6, 6.07) is 8.44. The van der Waals surface area contributed by atoms with Crippen LogP contribution in [-0.4, -0.2) is 33.3 Å². The maximum Gasteiger partial charge on any atom is 0.185 e. The molecule has 1 aliphatic heterocycles. The van der Waals surface area contributed by atoms with Crippen molar-refractivity contribution in [1.82, 2.24) is 25.5 Å². The summed E-state index contributed by atoms with van der Waals surface area (Å²) in [6.07, 6.45) is 1.99. The number of nitrogens with zero attached hydrogens (tertiary/aromatic N) is 4. The van der Waals surface area contributed by atoms with Crippen LogP contribution < -0.4 is 5.32 Å². The Morgan fingerprint density at radius 2 is 2.11 bits per heavy atom. The molecule has 1 aliphatic rings. The number of benzene rings is 1. The fraction of sp³-hybridized carbons (Fsp3) is 0.462. The molecule has 0 spiro atoms. The van der Waals surface area contributed by atoms with Crippen LogP contribution in [0.25, 0.3) is 0 Å². The number of nitrogens with one attached hydrogen (secondary N) is 1. The van der Waals surface area contributed by atoms with Crippen molar-refractivity contribution in [2.45, 2.75) is 18.3 Å². The number of tetrazole rings is 1. The van der Waals surface area contributed by atoms with E-state index >= 15 is 0 Å². The molecule has 0 atom stereocenters. The number of aryl methyl sites for hydroxylation is 1. The second-order valence-electron chi connectivity index (χ2n) is 4.94. The van der Waals surface area contributed by atoms with Crippen LogP contribution in [0.3, 0.4) is 0 Å². The number of halogens is 1. The Bertz CT molecular complexity index is 574. The van der Waals surface area contributed by atoms with Gasteiger partial charge in [0.25, 0.3) is 0 Å². The van der Waals surface area contributed by atoms with Crippen LogP contribution in [0.5, 0.6) is 0 Å². The maximum absolute atomic E-state index is 4.46. The standard InChI is InChI=1S/C13H16BrN5/c1-19-17-12(16-18-19)13(5-7-15-8-6-13)10-3-2-4-11(14)9-10/h2-4,9,15H,5-8H2,1H3. The highest BCUT2D eigenvalue weighted by molar-refractivity contribution is 9.10. The Hall–Kier alpha value is -1.27. The first-order valence-corrected chi connectivity index (χ1v) is 7.21. The minimum absolute atomic E-state index is 0.122. The van der Waals surface area contributed by atoms with Crippen LogP contribution in [0.1, 0.15) is 24.2 Å². The Morgan fingerprint density at radius 1 is 1.32 bits per heavy atom. The van der Waals surface area contributed by atoms with Gasteiger partial charge in [-0.15, -0.1) is 10.2 Å². The third kappa shape index (κ3) is 2.30. The minimum atomic E-state index is -0.122. The van der Waals surface area contributed by atoms with Gasteiger partial charge in [-0.25, -0.2) is 0 Å². The molecule has 1 aromatic heterocycles. The lowest BCUT2D eigenvalue weighted by atomic mass is 9.72. The second kappa shape index (κ2) is 5.02. The maximum atomic E-state index is 4.46. The van der Waals surface area contributed by atoms with Gasteiger partial charge in [0.15, 0.2) is 5.82 Å². The zero-order valence-electron chi connectivity index (χ0n) is 10.8. The van der Waals surface area contributed by atoms with Crippen molar-refractivity contribution in [2.24, 2.45) is 7.05 Å². The second-order valence-corrected chi connectivity index (χ2v) is 5.86. The molecule has 1 fully saturated rings. The van der Waals surface area contributed by atoms with E-state index in [0.717, 1.165) is 36.2 Å². The molecule has 1 saturated heterocycles. The molecular weight excluding hydrogens is 306 g/mol. The predicted molar refractivity (Wildman–Crippen MR) is 75.8 cm³/mol. The highest BCUT2D eigenvalue weighted by atomic mass is 79.9. The summed E-state index contributed by atoms with van der Waals surface area (Å²) < 4.78 is 1.09. The van der Waals surface area contributed by atoms with Gasteiger partial charge in [-0.3, -0.25) is 0 Å². The van der Waals surface area contributed by atoms with Crippen LogP contribution in [0.4, 0.5) is 0 Å². The summed E-state index contributed by atoms with van der Waals surface area (Å²) in [4.78, 5) is 1.54. The summed E-state index contributed by atoms with van der Waals surface area (Å²) in [5.41, 5.74) is 1.14. The van der Waals surface area contributed by atoms with E-state index in [4.69, 9.17) is 0 Å². The van der Waals surface area contributed by atoms with Gasteiger partial charge in [0.2, 0.25) is 0 Å². The summed E-state index contributed by atoms with van der Waals surface area (Å²) in [5, 5.41) is 16.2. The molecule has 5 nitrogen and oxygen atoms in total. The van der Waals surface area contributed by atoms with Gasteiger partial charge >= 0.3 is 0 Å². The van der Waals surface area contributed by atoms with E-state index in [1.807, 2.05) is 13.1 Å². The Morgan fingerprint density at radius 3 is 2.74 bits per heavy atom. The van der Waals surface area contributed by atoms with E-state index in [2.05, 4.69) is 54.9 Å². The average Bonchev–Trinajstić information content (AvgIpc) is 2.87. The lowest BCUT2D eigenvalue weighted by Crippen LogP contribution is -2.41. The van der Waals surface area contributed by atoms with E-state index < -0.39 is 0 Å². The topological polar surface area (TPSA) is 55.6 Å². The SMILES string of the molecule is Cn1nnc(C2(c3cccc(Br)c3)CCNCC2)n1. The lowest BCUT2D eigenvalue weighted by Gasteiger charge is -2.35. The number of hydrogen-bond acceptors (Lipinski definition) is 4. The fourth-order valence-electron chi connectivity index (χ4n) is 2.76. The molecule has 3 rings (SSSR count). The molecule has 0 bridgehead atoms. The highest BCUT2D eigenvalue weighted by Gasteiger charge is 2.39. The van der Waals surface area contributed by atoms with Crippen LogP contribution >= 0.6 is 15.9 Å². The largest absolute Gasteiger partial charge is 0.317 e. The first-order valence-electron chi connectivity index (χ1n) is 6.42. The number of rotatable bonds is 2. The van der Waals surface area contributed by atoms with E-state index in [1.54, 1.807) is 0 Å². The third-order valence-electron chi connectivity index (χ3n) is 3.77. The molecule has 0 aliphatic carbocycles. The molecule has 0 unspecified atom stereocenters. The average molecular weight is 322 g/mol. The predicted octanol–water partition coefficient (Wildman–Crippen LogP) is 1.64. The van der Waals surface area contributed by atoms with Crippen molar-refractivity contribution >= 4 is 15.9 Å². The Labute approximate surface area is 120 Å². The van der Waals surface area contributed by atoms with Crippen molar-refractivity contribution in [3.05, 3.63) is 40.1 Å². The molecule has 2 heterocycles. The smallest absolute Gasteiger partial charge is 0.185 e. The lowest BCUT2D eigenvalue weighted by molar-refractivity contribution is 0.344. The summed E-state index contributed by atoms with van der Waals surface area (Å²) in [6.45, 7) is 1.95. The van der Waals surface area contributed by atoms with Crippen LogP contribution in [-0.2, 0) is 12.5 Å². The van der Waals surface area contributed by atoms with Gasteiger partial charge in [-0.05, 0) is 48.8 Å². The number of aromatic nitrogens is 4. The van der Waals surface area contributed by atoms with Gasteiger partial charge in [0.05, 0.1) is 12.5 Å². The summed E-state index contributed by atoms with van der Waals surface area (Å²) in [5.74, 6) is 0.828. The third-order valence-corrected chi connectivity index (χ3v) is 4.26. The zero-order valence-corrected chi connectivity index (χ0v) is 12.4. The monoisotopic (exact) mass is 321 g/mol. The first kappa shape index (κ1) is 12.7. The van der Waals surface area contributed by atoms with Crippen molar-refractivity contribution in [2.75, 3.05) is 13.1 Å². The Kier molecular flexibility index (Phi) is 3.36. The minimum Gasteiger partial charge on any atom is -0.317 e. The summed E-state index contributed by atoms with van der Waals surface area (Å²) in [7, 11) is 1.81. The zero-order chi connectivity index (χ0) is 13.3. The molecule has 1 N–H and O–H groups in total. The van der Waals surface area contributed by atoms with E-state index in [0.29, 0.717) is 0 Å². The number of hydrogen-bond donors (Lipinski definition) is 1. The van der Waals surface area contributed by atoms with E-state index in [1.165, 1.54) is 10.4 Å². The van der Waals surface area contributed by atoms with Crippen LogP contribution in [0.2, 0.25) is 0 Å². The van der Waals surface area contributed by atoms with E-state index in [-0.39, 0.29) is 5.41 Å². The van der Waals surface area contributed by atoms with Gasteiger partial charge in [0, 0.05) is 4.47 Å². The van der Waals surface area contributed by atoms with Gasteiger partial charge in [-0.2, -0.15) is 4.80 Å². The van der Waals surface area contributed by atoms with Crippen LogP contribution in [0.15, 0.2) is 28.7 Å². The van der Waals surface area contributed by atoms with Crippen molar-refractivity contribution < 1.29 is 0 Å². The van der Waals surface area contributed by atoms with Gasteiger partial charge in [0.1, 0.15) is 0 Å². The first-order chi connectivity index (χ1) is 9.21. The molecule has 0 saturated carbocycles. The molecule has 1 aromatic carbocycles. The molecule has 2 aromatic rings. The van der Waals surface area contributed by atoms with Gasteiger partial charge < -0.3 is 5.32 Å². The van der Waals surface area contributed by atoms with E-state index in [9.17, 15) is 0 Å². The van der Waals surface area contributed by atoms with Crippen molar-refractivity contribution in [3.8, 4) is 0 Å². The van der Waals surface area contributed by atoms with Crippen molar-refractivity contribution in [3.63, 3.8) is 0 Å². The fourth-order valence-corrected chi connectivity index (χ4v) is 3.16. The van der Waals surface area contributed by atoms with Crippen LogP contribution in [0, 0.1) is 0 Å². The molecule has 19 heavy (non-hydrogen) atoms. The Balaban J connectivity index is 2.11. The summed E-state index contributed by atoms with van der Waals surface area (Å²) >= 11 is 3.55. The molecular formula is C13H16BrN5. The molecule has 0 radical (unpaired) electrons. The molecule has 0 amide bonds. The molecule has 6 heteroatoms. The van der Waals surface area contributed by atoms with Crippen molar-refractivity contribution in [1.29, 1.82) is 0 Å². The number of piperidine rings is 1. The normalized spacial score (nSPS) is 18.4.